The Kier molecular flexibility index (Phi) is 7.75. The van der Waals surface area contributed by atoms with Gasteiger partial charge in [0.15, 0.2) is 0 Å². The lowest BCUT2D eigenvalue weighted by molar-refractivity contribution is -0.189. The van der Waals surface area contributed by atoms with E-state index in [0.717, 1.165) is 50.9 Å². The van der Waals surface area contributed by atoms with Crippen LogP contribution in [-0.4, -0.2) is 90.6 Å². The van der Waals surface area contributed by atoms with Crippen molar-refractivity contribution in [3.63, 3.8) is 0 Å². The van der Waals surface area contributed by atoms with Crippen molar-refractivity contribution in [2.75, 3.05) is 26.2 Å². The average Bonchev–Trinajstić information content (AvgIpc) is 3.20. The number of aliphatic hydroxyl groups is 1. The first-order valence-electron chi connectivity index (χ1n) is 10.8. The summed E-state index contributed by atoms with van der Waals surface area (Å²) in [5.74, 6) is 0.488. The molecule has 0 saturated carbocycles. The third kappa shape index (κ3) is 5.99. The van der Waals surface area contributed by atoms with E-state index in [1.807, 2.05) is 19.3 Å². The number of aryl methyl sites for hydroxylation is 1. The van der Waals surface area contributed by atoms with Gasteiger partial charge in [0.05, 0.1) is 23.9 Å². The third-order valence-electron chi connectivity index (χ3n) is 6.26. The largest absolute Gasteiger partial charge is 0.483 e. The summed E-state index contributed by atoms with van der Waals surface area (Å²) in [6.07, 6.45) is 9.75. The molecule has 2 fully saturated rings. The molecule has 2 aromatic rings. The van der Waals surface area contributed by atoms with Gasteiger partial charge < -0.3 is 25.2 Å². The molecular formula is C21H32N6O5. The monoisotopic (exact) mass is 448 g/mol. The number of carboxylic acid groups (broad SMARTS) is 1. The molecule has 4 rings (SSSR count). The Morgan fingerprint density at radius 2 is 2.09 bits per heavy atom. The van der Waals surface area contributed by atoms with E-state index < -0.39 is 5.60 Å². The molecule has 2 saturated heterocycles. The molecule has 2 aliphatic rings. The minimum Gasteiger partial charge on any atom is -0.483 e. The van der Waals surface area contributed by atoms with Gasteiger partial charge in [0.1, 0.15) is 6.33 Å². The minimum absolute atomic E-state index is 0.136. The van der Waals surface area contributed by atoms with Gasteiger partial charge in [0.2, 0.25) is 5.91 Å². The molecule has 4 heterocycles. The molecule has 0 aliphatic carbocycles. The number of piperidine rings is 1. The van der Waals surface area contributed by atoms with Crippen LogP contribution in [0.3, 0.4) is 0 Å². The van der Waals surface area contributed by atoms with Gasteiger partial charge in [-0.3, -0.25) is 9.59 Å². The molecule has 3 N–H and O–H groups in total. The Morgan fingerprint density at radius 1 is 1.38 bits per heavy atom. The molecule has 176 valence electrons. The lowest BCUT2D eigenvalue weighted by atomic mass is 9.75. The van der Waals surface area contributed by atoms with Crippen molar-refractivity contribution in [3.05, 3.63) is 24.3 Å². The predicted octanol–water partition coefficient (Wildman–Crippen LogP) is 0.268. The second kappa shape index (κ2) is 10.3. The van der Waals surface area contributed by atoms with Crippen molar-refractivity contribution in [1.82, 2.24) is 29.8 Å². The first-order chi connectivity index (χ1) is 15.3. The highest BCUT2D eigenvalue weighted by atomic mass is 16.5. The summed E-state index contributed by atoms with van der Waals surface area (Å²) in [5, 5.41) is 24.7. The lowest BCUT2D eigenvalue weighted by Gasteiger charge is -2.51. The molecular weight excluding hydrogens is 416 g/mol. The molecule has 32 heavy (non-hydrogen) atoms. The molecule has 1 spiro atoms. The zero-order chi connectivity index (χ0) is 23.2. The van der Waals surface area contributed by atoms with E-state index in [4.69, 9.17) is 14.6 Å². The van der Waals surface area contributed by atoms with Crippen LogP contribution in [0, 0.1) is 0 Å². The van der Waals surface area contributed by atoms with Crippen LogP contribution >= 0.6 is 0 Å². The Labute approximate surface area is 186 Å². The van der Waals surface area contributed by atoms with Gasteiger partial charge in [0, 0.05) is 38.8 Å². The van der Waals surface area contributed by atoms with Crippen LogP contribution in [0.15, 0.2) is 18.7 Å². The van der Waals surface area contributed by atoms with Gasteiger partial charge in [-0.2, -0.15) is 10.1 Å². The minimum atomic E-state index is -0.945. The average molecular weight is 449 g/mol. The fourth-order valence-electron chi connectivity index (χ4n) is 4.61. The van der Waals surface area contributed by atoms with Gasteiger partial charge >= 0.3 is 0 Å². The van der Waals surface area contributed by atoms with E-state index in [-0.39, 0.29) is 24.0 Å². The number of amides is 1. The van der Waals surface area contributed by atoms with Gasteiger partial charge in [-0.05, 0) is 44.7 Å². The van der Waals surface area contributed by atoms with Crippen LogP contribution in [0.5, 0.6) is 0 Å². The molecule has 2 atom stereocenters. The Hall–Kier alpha value is -2.63. The summed E-state index contributed by atoms with van der Waals surface area (Å²) in [6.45, 7) is 6.34. The molecule has 0 radical (unpaired) electrons. The standard InChI is InChI=1S/C20H30N6O3.CH2O2/c1-15(27)24-17-12-29-20(13-19(17,2)28)5-8-25(9-6-20)7-3-4-16-10-21-18-22-14-23-26(18)11-16;2-1-3/h10-11,14,17,28H,3-9,12-13H2,1-2H3,(H,24,27);1H,(H,2,3)/t17-,19-;/m0./s1. The fourth-order valence-corrected chi connectivity index (χ4v) is 4.61. The van der Waals surface area contributed by atoms with Crippen molar-refractivity contribution in [2.45, 2.75) is 63.2 Å². The number of nitrogens with zero attached hydrogens (tertiary/aromatic N) is 5. The second-order valence-corrected chi connectivity index (χ2v) is 8.80. The molecule has 0 aromatic carbocycles. The Bertz CT molecular complexity index is 909. The van der Waals surface area contributed by atoms with Gasteiger partial charge in [-0.1, -0.05) is 0 Å². The van der Waals surface area contributed by atoms with E-state index in [1.54, 1.807) is 4.52 Å². The van der Waals surface area contributed by atoms with Crippen molar-refractivity contribution in [2.24, 2.45) is 0 Å². The Balaban J connectivity index is 0.000000913. The first kappa shape index (κ1) is 24.0. The van der Waals surface area contributed by atoms with Crippen LogP contribution < -0.4 is 5.32 Å². The molecule has 2 aliphatic heterocycles. The van der Waals surface area contributed by atoms with E-state index in [9.17, 15) is 9.90 Å². The number of carbonyl (C=O) groups excluding carboxylic acids is 1. The third-order valence-corrected chi connectivity index (χ3v) is 6.26. The second-order valence-electron chi connectivity index (χ2n) is 8.80. The van der Waals surface area contributed by atoms with Crippen LogP contribution in [0.2, 0.25) is 0 Å². The molecule has 11 nitrogen and oxygen atoms in total. The van der Waals surface area contributed by atoms with Crippen LogP contribution in [0.4, 0.5) is 0 Å². The van der Waals surface area contributed by atoms with Crippen molar-refractivity contribution in [3.8, 4) is 0 Å². The van der Waals surface area contributed by atoms with E-state index in [0.29, 0.717) is 18.8 Å². The number of likely N-dealkylation sites (tertiary alicyclic amines) is 1. The number of rotatable bonds is 5. The topological polar surface area (TPSA) is 142 Å². The van der Waals surface area contributed by atoms with Crippen molar-refractivity contribution in [1.29, 1.82) is 0 Å². The fraction of sp³-hybridized carbons (Fsp3) is 0.667. The molecule has 1 amide bonds. The highest BCUT2D eigenvalue weighted by molar-refractivity contribution is 5.73. The number of aromatic nitrogens is 4. The molecule has 2 aromatic heterocycles. The van der Waals surface area contributed by atoms with Crippen molar-refractivity contribution >= 4 is 18.2 Å². The van der Waals surface area contributed by atoms with Gasteiger partial charge in [-0.15, -0.1) is 0 Å². The van der Waals surface area contributed by atoms with Gasteiger partial charge in [0.25, 0.3) is 12.2 Å². The molecule has 0 unspecified atom stereocenters. The van der Waals surface area contributed by atoms with E-state index in [1.165, 1.54) is 13.3 Å². The number of nitrogens with one attached hydrogen (secondary N) is 1. The van der Waals surface area contributed by atoms with E-state index >= 15 is 0 Å². The highest BCUT2D eigenvalue weighted by Gasteiger charge is 2.49. The molecule has 0 bridgehead atoms. The summed E-state index contributed by atoms with van der Waals surface area (Å²) in [6, 6.07) is -0.348. The SMILES string of the molecule is CC(=O)N[C@H]1COC2(CCN(CCCc3cnc4ncnn4c3)CC2)C[C@]1(C)O.O=CO. The normalized spacial score (nSPS) is 25.2. The maximum absolute atomic E-state index is 11.4. The number of hydrogen-bond acceptors (Lipinski definition) is 8. The number of ether oxygens (including phenoxy) is 1. The summed E-state index contributed by atoms with van der Waals surface area (Å²) < 4.78 is 7.89. The lowest BCUT2D eigenvalue weighted by Crippen LogP contribution is -2.63. The van der Waals surface area contributed by atoms with Crippen LogP contribution in [-0.2, 0) is 20.7 Å². The number of fused-ring (bicyclic) bond motifs is 1. The quantitative estimate of drug-likeness (QED) is 0.549. The van der Waals surface area contributed by atoms with Gasteiger partial charge in [-0.25, -0.2) is 9.50 Å². The first-order valence-corrected chi connectivity index (χ1v) is 10.8. The maximum Gasteiger partial charge on any atom is 0.290 e. The predicted molar refractivity (Wildman–Crippen MR) is 115 cm³/mol. The smallest absolute Gasteiger partial charge is 0.290 e. The maximum atomic E-state index is 11.4. The number of carbonyl (C=O) groups is 2. The summed E-state index contributed by atoms with van der Waals surface area (Å²) in [4.78, 5) is 30.6. The zero-order valence-corrected chi connectivity index (χ0v) is 18.6. The Morgan fingerprint density at radius 3 is 2.75 bits per heavy atom. The summed E-state index contributed by atoms with van der Waals surface area (Å²) in [7, 11) is 0. The van der Waals surface area contributed by atoms with Crippen LogP contribution in [0.25, 0.3) is 5.78 Å². The number of hydrogen-bond donors (Lipinski definition) is 3. The zero-order valence-electron chi connectivity index (χ0n) is 18.6. The summed E-state index contributed by atoms with van der Waals surface area (Å²) >= 11 is 0. The molecule has 11 heteroatoms. The van der Waals surface area contributed by atoms with Crippen molar-refractivity contribution < 1.29 is 24.5 Å². The highest BCUT2D eigenvalue weighted by Crippen LogP contribution is 2.39. The van der Waals surface area contributed by atoms with E-state index in [2.05, 4.69) is 25.3 Å². The van der Waals surface area contributed by atoms with Crippen LogP contribution in [0.1, 0.15) is 45.1 Å². The summed E-state index contributed by atoms with van der Waals surface area (Å²) in [5.41, 5.74) is -0.0667.